The van der Waals surface area contributed by atoms with Crippen LogP contribution in [0.5, 0.6) is 0 Å². The maximum absolute atomic E-state index is 12.8. The normalized spacial score (nSPS) is 12.7. The highest BCUT2D eigenvalue weighted by Gasteiger charge is 2.12. The lowest BCUT2D eigenvalue weighted by Gasteiger charge is -2.14. The standard InChI is InChI=1S/C11H11ClFN3/c1-8(9-2-4-10(13)5-3-9)16-7-14-15-11(16)6-12/h2-5,7-8H,6H2,1H3. The molecule has 84 valence electrons. The maximum atomic E-state index is 12.8. The lowest BCUT2D eigenvalue weighted by atomic mass is 10.1. The zero-order chi connectivity index (χ0) is 11.5. The quantitative estimate of drug-likeness (QED) is 0.771. The molecule has 2 aromatic rings. The summed E-state index contributed by atoms with van der Waals surface area (Å²) < 4.78 is 14.7. The SMILES string of the molecule is CC(c1ccc(F)cc1)n1cnnc1CCl. The van der Waals surface area contributed by atoms with Gasteiger partial charge in [0.1, 0.15) is 18.0 Å². The molecule has 0 N–H and O–H groups in total. The second-order valence-corrected chi connectivity index (χ2v) is 3.78. The Morgan fingerprint density at radius 1 is 1.38 bits per heavy atom. The average molecular weight is 240 g/mol. The Hall–Kier alpha value is -1.42. The van der Waals surface area contributed by atoms with Crippen LogP contribution in [0, 0.1) is 5.82 Å². The highest BCUT2D eigenvalue weighted by atomic mass is 35.5. The molecule has 0 fully saturated rings. The van der Waals surface area contributed by atoms with Crippen molar-refractivity contribution >= 4 is 11.6 Å². The molecule has 16 heavy (non-hydrogen) atoms. The van der Waals surface area contributed by atoms with E-state index in [1.54, 1.807) is 18.5 Å². The molecule has 0 aliphatic heterocycles. The Labute approximate surface area is 97.9 Å². The summed E-state index contributed by atoms with van der Waals surface area (Å²) >= 11 is 5.75. The molecule has 0 bridgehead atoms. The van der Waals surface area contributed by atoms with Gasteiger partial charge in [0, 0.05) is 0 Å². The van der Waals surface area contributed by atoms with Gasteiger partial charge < -0.3 is 4.57 Å². The Morgan fingerprint density at radius 2 is 2.06 bits per heavy atom. The van der Waals surface area contributed by atoms with Crippen LogP contribution in [0.1, 0.15) is 24.4 Å². The summed E-state index contributed by atoms with van der Waals surface area (Å²) in [6, 6.07) is 6.42. The first-order valence-corrected chi connectivity index (χ1v) is 5.45. The lowest BCUT2D eigenvalue weighted by Crippen LogP contribution is -2.08. The van der Waals surface area contributed by atoms with Crippen molar-refractivity contribution in [3.05, 3.63) is 47.8 Å². The molecule has 0 saturated heterocycles. The molecule has 0 saturated carbocycles. The van der Waals surface area contributed by atoms with Crippen molar-refractivity contribution in [3.8, 4) is 0 Å². The molecule has 0 spiro atoms. The third-order valence-corrected chi connectivity index (χ3v) is 2.78. The molecule has 0 aliphatic carbocycles. The molecule has 1 heterocycles. The molecule has 1 aromatic carbocycles. The number of hydrogen-bond donors (Lipinski definition) is 0. The summed E-state index contributed by atoms with van der Waals surface area (Å²) in [6.07, 6.45) is 1.63. The predicted octanol–water partition coefficient (Wildman–Crippen LogP) is 2.77. The van der Waals surface area contributed by atoms with Gasteiger partial charge in [-0.1, -0.05) is 12.1 Å². The van der Waals surface area contributed by atoms with Gasteiger partial charge in [0.2, 0.25) is 0 Å². The van der Waals surface area contributed by atoms with Crippen molar-refractivity contribution in [2.24, 2.45) is 0 Å². The molecule has 3 nitrogen and oxygen atoms in total. The molecule has 1 aromatic heterocycles. The van der Waals surface area contributed by atoms with Crippen LogP contribution in [-0.4, -0.2) is 14.8 Å². The predicted molar refractivity (Wildman–Crippen MR) is 59.8 cm³/mol. The zero-order valence-corrected chi connectivity index (χ0v) is 9.52. The van der Waals surface area contributed by atoms with Crippen LogP contribution in [-0.2, 0) is 5.88 Å². The van der Waals surface area contributed by atoms with Gasteiger partial charge >= 0.3 is 0 Å². The van der Waals surface area contributed by atoms with Crippen LogP contribution in [0.4, 0.5) is 4.39 Å². The third kappa shape index (κ3) is 2.07. The largest absolute Gasteiger partial charge is 0.309 e. The van der Waals surface area contributed by atoms with Gasteiger partial charge in [0.05, 0.1) is 11.9 Å². The molecular formula is C11H11ClFN3. The van der Waals surface area contributed by atoms with Crippen molar-refractivity contribution in [1.82, 2.24) is 14.8 Å². The van der Waals surface area contributed by atoms with Crippen LogP contribution in [0.2, 0.25) is 0 Å². The smallest absolute Gasteiger partial charge is 0.148 e. The number of alkyl halides is 1. The van der Waals surface area contributed by atoms with E-state index < -0.39 is 0 Å². The summed E-state index contributed by atoms with van der Waals surface area (Å²) in [5, 5.41) is 7.72. The van der Waals surface area contributed by atoms with Gasteiger partial charge in [-0.25, -0.2) is 4.39 Å². The highest BCUT2D eigenvalue weighted by Crippen LogP contribution is 2.19. The first-order chi connectivity index (χ1) is 7.72. The molecule has 0 aliphatic rings. The van der Waals surface area contributed by atoms with Crippen molar-refractivity contribution in [3.63, 3.8) is 0 Å². The maximum Gasteiger partial charge on any atom is 0.148 e. The van der Waals surface area contributed by atoms with Crippen LogP contribution < -0.4 is 0 Å². The number of halogens is 2. The van der Waals surface area contributed by atoms with E-state index in [0.29, 0.717) is 11.7 Å². The Kier molecular flexibility index (Phi) is 3.19. The van der Waals surface area contributed by atoms with Gasteiger partial charge in [-0.2, -0.15) is 0 Å². The van der Waals surface area contributed by atoms with Crippen molar-refractivity contribution in [1.29, 1.82) is 0 Å². The number of rotatable bonds is 3. The molecule has 5 heteroatoms. The highest BCUT2D eigenvalue weighted by molar-refractivity contribution is 6.16. The molecule has 0 radical (unpaired) electrons. The molecule has 2 rings (SSSR count). The zero-order valence-electron chi connectivity index (χ0n) is 8.77. The van der Waals surface area contributed by atoms with Crippen LogP contribution in [0.25, 0.3) is 0 Å². The van der Waals surface area contributed by atoms with Gasteiger partial charge in [0.25, 0.3) is 0 Å². The molecule has 1 atom stereocenters. The average Bonchev–Trinajstić information content (AvgIpc) is 2.77. The van der Waals surface area contributed by atoms with Gasteiger partial charge in [-0.3, -0.25) is 0 Å². The minimum atomic E-state index is -0.239. The van der Waals surface area contributed by atoms with Crippen LogP contribution in [0.15, 0.2) is 30.6 Å². The van der Waals surface area contributed by atoms with Gasteiger partial charge in [-0.05, 0) is 24.6 Å². The summed E-state index contributed by atoms with van der Waals surface area (Å²) in [7, 11) is 0. The second-order valence-electron chi connectivity index (χ2n) is 3.52. The number of aromatic nitrogens is 3. The Balaban J connectivity index is 2.31. The Bertz CT molecular complexity index is 466. The minimum Gasteiger partial charge on any atom is -0.309 e. The van der Waals surface area contributed by atoms with E-state index in [2.05, 4.69) is 10.2 Å². The summed E-state index contributed by atoms with van der Waals surface area (Å²) in [5.74, 6) is 0.779. The first kappa shape index (κ1) is 11.1. The van der Waals surface area contributed by atoms with E-state index in [-0.39, 0.29) is 11.9 Å². The topological polar surface area (TPSA) is 30.7 Å². The van der Waals surface area contributed by atoms with Crippen molar-refractivity contribution < 1.29 is 4.39 Å². The minimum absolute atomic E-state index is 0.0457. The van der Waals surface area contributed by atoms with Crippen LogP contribution >= 0.6 is 11.6 Å². The van der Waals surface area contributed by atoms with Gasteiger partial charge in [-0.15, -0.1) is 21.8 Å². The fraction of sp³-hybridized carbons (Fsp3) is 0.273. The third-order valence-electron chi connectivity index (χ3n) is 2.54. The van der Waals surface area contributed by atoms with E-state index in [0.717, 1.165) is 5.56 Å². The summed E-state index contributed by atoms with van der Waals surface area (Å²) in [5.41, 5.74) is 0.993. The molecule has 1 unspecified atom stereocenters. The van der Waals surface area contributed by atoms with E-state index in [4.69, 9.17) is 11.6 Å². The Morgan fingerprint density at radius 3 is 2.69 bits per heavy atom. The van der Waals surface area contributed by atoms with E-state index >= 15 is 0 Å². The van der Waals surface area contributed by atoms with Crippen molar-refractivity contribution in [2.75, 3.05) is 0 Å². The summed E-state index contributed by atoms with van der Waals surface area (Å²) in [4.78, 5) is 0. The fourth-order valence-corrected chi connectivity index (χ4v) is 1.78. The lowest BCUT2D eigenvalue weighted by molar-refractivity contribution is 0.604. The monoisotopic (exact) mass is 239 g/mol. The fourth-order valence-electron chi connectivity index (χ4n) is 1.59. The van der Waals surface area contributed by atoms with Gasteiger partial charge in [0.15, 0.2) is 0 Å². The molecular weight excluding hydrogens is 229 g/mol. The molecule has 0 amide bonds. The second kappa shape index (κ2) is 4.61. The van der Waals surface area contributed by atoms with Crippen molar-refractivity contribution in [2.45, 2.75) is 18.8 Å². The van der Waals surface area contributed by atoms with E-state index in [1.165, 1.54) is 12.1 Å². The first-order valence-electron chi connectivity index (χ1n) is 4.92. The number of nitrogens with zero attached hydrogens (tertiary/aromatic N) is 3. The number of hydrogen-bond acceptors (Lipinski definition) is 2. The van der Waals surface area contributed by atoms with Crippen LogP contribution in [0.3, 0.4) is 0 Å². The summed E-state index contributed by atoms with van der Waals surface area (Å²) in [6.45, 7) is 1.99. The number of benzene rings is 1. The van der Waals surface area contributed by atoms with E-state index in [9.17, 15) is 4.39 Å². The van der Waals surface area contributed by atoms with E-state index in [1.807, 2.05) is 11.5 Å².